The summed E-state index contributed by atoms with van der Waals surface area (Å²) in [6, 6.07) is 0. The van der Waals surface area contributed by atoms with E-state index in [1.54, 1.807) is 31.9 Å². The van der Waals surface area contributed by atoms with Crippen molar-refractivity contribution in [3.63, 3.8) is 0 Å². The average Bonchev–Trinajstić information content (AvgIpc) is 1.83. The van der Waals surface area contributed by atoms with Gasteiger partial charge < -0.3 is 0 Å². The van der Waals surface area contributed by atoms with Crippen molar-refractivity contribution >= 4 is 31.9 Å². The van der Waals surface area contributed by atoms with Crippen LogP contribution in [0.4, 0.5) is 26.3 Å². The van der Waals surface area contributed by atoms with E-state index < -0.39 is 22.4 Å². The van der Waals surface area contributed by atoms with Crippen molar-refractivity contribution in [2.75, 3.05) is 0 Å². The molecule has 0 aromatic heterocycles. The van der Waals surface area contributed by atoms with E-state index >= 15 is 0 Å². The van der Waals surface area contributed by atoms with Crippen LogP contribution in [0.1, 0.15) is 0 Å². The van der Waals surface area contributed by atoms with Gasteiger partial charge in [0.15, 0.2) is 0 Å². The molecule has 80 valence electrons. The fraction of sp³-hybridized carbons (Fsp3) is 1.00. The lowest BCUT2D eigenvalue weighted by molar-refractivity contribution is -0.256. The first kappa shape index (κ1) is 13.5. The maximum Gasteiger partial charge on any atom is 0.329 e. The summed E-state index contributed by atoms with van der Waals surface area (Å²) in [6.07, 6.45) is -7.61. The van der Waals surface area contributed by atoms with Gasteiger partial charge >= 0.3 is 22.4 Å². The lowest BCUT2D eigenvalue weighted by Gasteiger charge is -2.25. The zero-order valence-electron chi connectivity index (χ0n) is 5.59. The third-order valence-corrected chi connectivity index (χ3v) is 1.80. The van der Waals surface area contributed by atoms with E-state index in [1.807, 2.05) is 0 Å². The van der Waals surface area contributed by atoms with E-state index in [9.17, 15) is 26.3 Å². The standard InChI is InChI=1S/C4H2Br2F6O/c5-3(11,1(7)8)13-4(6,12)2(9)10/h1-2H. The molecule has 0 aromatic carbocycles. The van der Waals surface area contributed by atoms with Gasteiger partial charge in [-0.2, -0.15) is 8.78 Å². The van der Waals surface area contributed by atoms with E-state index in [-0.39, 0.29) is 0 Å². The summed E-state index contributed by atoms with van der Waals surface area (Å²) in [7, 11) is 0. The second kappa shape index (κ2) is 4.35. The smallest absolute Gasteiger partial charge is 0.281 e. The summed E-state index contributed by atoms with van der Waals surface area (Å²) in [5.41, 5.74) is 0. The lowest BCUT2D eigenvalue weighted by Crippen LogP contribution is -2.40. The molecule has 0 spiro atoms. The molecule has 0 saturated carbocycles. The van der Waals surface area contributed by atoms with Crippen LogP contribution in [0.2, 0.25) is 0 Å². The molecular formula is C4H2Br2F6O. The van der Waals surface area contributed by atoms with Gasteiger partial charge in [0.1, 0.15) is 0 Å². The molecule has 0 bridgehead atoms. The maximum absolute atomic E-state index is 12.4. The third kappa shape index (κ3) is 4.03. The Labute approximate surface area is 85.7 Å². The molecule has 0 saturated heterocycles. The minimum absolute atomic E-state index is 1.61. The van der Waals surface area contributed by atoms with Crippen molar-refractivity contribution in [3.05, 3.63) is 0 Å². The van der Waals surface area contributed by atoms with Crippen molar-refractivity contribution in [3.8, 4) is 0 Å². The number of hydrogen-bond donors (Lipinski definition) is 0. The first-order chi connectivity index (χ1) is 5.59. The number of alkyl halides is 8. The summed E-state index contributed by atoms with van der Waals surface area (Å²) >= 11 is 3.22. The van der Waals surface area contributed by atoms with Crippen LogP contribution in [0.5, 0.6) is 0 Å². The molecule has 0 aliphatic carbocycles. The topological polar surface area (TPSA) is 9.23 Å². The van der Waals surface area contributed by atoms with Gasteiger partial charge in [-0.1, -0.05) is 0 Å². The molecule has 0 aromatic rings. The zero-order valence-corrected chi connectivity index (χ0v) is 8.76. The van der Waals surface area contributed by atoms with E-state index in [4.69, 9.17) is 0 Å². The molecule has 9 heteroatoms. The van der Waals surface area contributed by atoms with Crippen LogP contribution >= 0.6 is 31.9 Å². The van der Waals surface area contributed by atoms with E-state index in [1.165, 1.54) is 0 Å². The molecule has 0 fully saturated rings. The number of halogens is 8. The van der Waals surface area contributed by atoms with Gasteiger partial charge in [0, 0.05) is 0 Å². The molecule has 0 heterocycles. The molecule has 2 atom stereocenters. The molecule has 0 aliphatic rings. The molecule has 1 nitrogen and oxygen atoms in total. The average molecular weight is 340 g/mol. The summed E-state index contributed by atoms with van der Waals surface area (Å²) < 4.78 is 66.6. The Morgan fingerprint density at radius 3 is 1.23 bits per heavy atom. The normalized spacial score (nSPS) is 21.7. The lowest BCUT2D eigenvalue weighted by atomic mass is 10.6. The highest BCUT2D eigenvalue weighted by atomic mass is 79.9. The van der Waals surface area contributed by atoms with Crippen molar-refractivity contribution in [2.24, 2.45) is 0 Å². The van der Waals surface area contributed by atoms with Crippen LogP contribution in [0.3, 0.4) is 0 Å². The van der Waals surface area contributed by atoms with E-state index in [2.05, 4.69) is 4.74 Å². The van der Waals surface area contributed by atoms with Crippen LogP contribution < -0.4 is 0 Å². The number of hydrogen-bond acceptors (Lipinski definition) is 1. The highest BCUT2D eigenvalue weighted by molar-refractivity contribution is 9.10. The van der Waals surface area contributed by atoms with Gasteiger partial charge in [-0.05, 0) is 31.9 Å². The summed E-state index contributed by atoms with van der Waals surface area (Å²) in [4.78, 5) is 0. The Balaban J connectivity index is 4.42. The minimum atomic E-state index is -3.96. The fourth-order valence-corrected chi connectivity index (χ4v) is 0.959. The Hall–Kier alpha value is 0.500. The highest BCUT2D eigenvalue weighted by Crippen LogP contribution is 2.40. The first-order valence-electron chi connectivity index (χ1n) is 2.61. The van der Waals surface area contributed by atoms with E-state index in [0.29, 0.717) is 0 Å². The van der Waals surface area contributed by atoms with E-state index in [0.717, 1.165) is 0 Å². The molecule has 2 unspecified atom stereocenters. The number of rotatable bonds is 4. The first-order valence-corrected chi connectivity index (χ1v) is 4.20. The zero-order chi connectivity index (χ0) is 10.9. The molecule has 0 aliphatic heterocycles. The fourth-order valence-electron chi connectivity index (χ4n) is 0.271. The largest absolute Gasteiger partial charge is 0.329 e. The second-order valence-electron chi connectivity index (χ2n) is 1.83. The van der Waals surface area contributed by atoms with Crippen LogP contribution in [-0.2, 0) is 4.74 Å². The molecule has 13 heavy (non-hydrogen) atoms. The third-order valence-electron chi connectivity index (χ3n) is 0.780. The predicted molar refractivity (Wildman–Crippen MR) is 38.6 cm³/mol. The van der Waals surface area contributed by atoms with Crippen molar-refractivity contribution < 1.29 is 31.1 Å². The van der Waals surface area contributed by atoms with Gasteiger partial charge in [0.05, 0.1) is 0 Å². The Morgan fingerprint density at radius 2 is 1.08 bits per heavy atom. The van der Waals surface area contributed by atoms with Gasteiger partial charge in [0.2, 0.25) is 0 Å². The van der Waals surface area contributed by atoms with Crippen molar-refractivity contribution in [1.29, 1.82) is 0 Å². The van der Waals surface area contributed by atoms with Crippen LogP contribution in [0, 0.1) is 0 Å². The Morgan fingerprint density at radius 1 is 0.846 bits per heavy atom. The Kier molecular flexibility index (Phi) is 4.51. The summed E-state index contributed by atoms with van der Waals surface area (Å²) in [5.74, 6) is 0. The second-order valence-corrected chi connectivity index (χ2v) is 3.99. The summed E-state index contributed by atoms with van der Waals surface area (Å²) in [6.45, 7) is 0. The quantitative estimate of drug-likeness (QED) is 0.562. The van der Waals surface area contributed by atoms with Crippen LogP contribution in [0.25, 0.3) is 0 Å². The number of ether oxygens (including phenoxy) is 1. The predicted octanol–water partition coefficient (Wildman–Crippen LogP) is 3.57. The van der Waals surface area contributed by atoms with Gasteiger partial charge in [0.25, 0.3) is 0 Å². The minimum Gasteiger partial charge on any atom is -0.281 e. The summed E-state index contributed by atoms with van der Waals surface area (Å²) in [5, 5.41) is 0. The maximum atomic E-state index is 12.4. The molecule has 0 N–H and O–H groups in total. The molecular weight excluding hydrogens is 338 g/mol. The Bertz CT molecular complexity index is 154. The van der Waals surface area contributed by atoms with Crippen molar-refractivity contribution in [1.82, 2.24) is 0 Å². The van der Waals surface area contributed by atoms with Gasteiger partial charge in [-0.25, -0.2) is 17.6 Å². The molecule has 0 rings (SSSR count). The molecule has 0 radical (unpaired) electrons. The van der Waals surface area contributed by atoms with Crippen LogP contribution in [0.15, 0.2) is 0 Å². The van der Waals surface area contributed by atoms with Crippen LogP contribution in [-0.4, -0.2) is 22.4 Å². The molecule has 0 amide bonds. The monoisotopic (exact) mass is 338 g/mol. The van der Waals surface area contributed by atoms with Crippen molar-refractivity contribution in [2.45, 2.75) is 22.4 Å². The van der Waals surface area contributed by atoms with Gasteiger partial charge in [-0.3, -0.25) is 4.74 Å². The highest BCUT2D eigenvalue weighted by Gasteiger charge is 2.51. The SMILES string of the molecule is FC(F)C(F)(Br)OC(F)(Br)C(F)F. The van der Waals surface area contributed by atoms with Gasteiger partial charge in [-0.15, -0.1) is 0 Å².